The fourth-order valence-corrected chi connectivity index (χ4v) is 4.77. The minimum Gasteiger partial charge on any atom is -0.497 e. The van der Waals surface area contributed by atoms with Crippen molar-refractivity contribution in [1.82, 2.24) is 15.5 Å². The number of hydrogen-bond donors (Lipinski definition) is 2. The van der Waals surface area contributed by atoms with Gasteiger partial charge in [-0.15, -0.1) is 0 Å². The Bertz CT molecular complexity index is 964. The molecule has 0 spiro atoms. The molecule has 2 amide bonds. The van der Waals surface area contributed by atoms with Gasteiger partial charge in [-0.3, -0.25) is 14.5 Å². The van der Waals surface area contributed by atoms with Crippen LogP contribution in [0.25, 0.3) is 0 Å². The highest BCUT2D eigenvalue weighted by atomic mass is 16.5. The van der Waals surface area contributed by atoms with Crippen LogP contribution in [0.15, 0.2) is 48.5 Å². The van der Waals surface area contributed by atoms with Gasteiger partial charge in [-0.1, -0.05) is 30.3 Å². The van der Waals surface area contributed by atoms with E-state index in [1.54, 1.807) is 7.11 Å². The van der Waals surface area contributed by atoms with Gasteiger partial charge in [0.1, 0.15) is 5.75 Å². The fraction of sp³-hybridized carbons (Fsp3) is 0.462. The van der Waals surface area contributed by atoms with Crippen molar-refractivity contribution in [3.8, 4) is 5.75 Å². The first-order valence-electron chi connectivity index (χ1n) is 11.9. The molecule has 7 heteroatoms. The topological polar surface area (TPSA) is 73.9 Å². The first kappa shape index (κ1) is 23.1. The average molecular weight is 451 g/mol. The third-order valence-electron chi connectivity index (χ3n) is 6.47. The smallest absolute Gasteiger partial charge is 0.237 e. The molecule has 2 aromatic rings. The zero-order valence-electron chi connectivity index (χ0n) is 19.4. The van der Waals surface area contributed by atoms with E-state index in [4.69, 9.17) is 4.74 Å². The van der Waals surface area contributed by atoms with Crippen molar-refractivity contribution in [2.75, 3.05) is 44.7 Å². The summed E-state index contributed by atoms with van der Waals surface area (Å²) in [6.07, 6.45) is 3.36. The minimum absolute atomic E-state index is 0.0771. The second-order valence-electron chi connectivity index (χ2n) is 8.76. The molecule has 0 bridgehead atoms. The summed E-state index contributed by atoms with van der Waals surface area (Å²) in [6.45, 7) is 4.52. The molecule has 0 aromatic heterocycles. The molecule has 2 N–H and O–H groups in total. The van der Waals surface area contributed by atoms with Crippen LogP contribution < -0.4 is 20.3 Å². The summed E-state index contributed by atoms with van der Waals surface area (Å²) >= 11 is 0. The predicted octanol–water partition coefficient (Wildman–Crippen LogP) is 2.34. The maximum atomic E-state index is 12.7. The van der Waals surface area contributed by atoms with Crippen molar-refractivity contribution in [3.63, 3.8) is 0 Å². The van der Waals surface area contributed by atoms with E-state index in [0.717, 1.165) is 43.8 Å². The van der Waals surface area contributed by atoms with Crippen molar-refractivity contribution < 1.29 is 14.3 Å². The number of nitrogens with one attached hydrogen (secondary N) is 2. The molecule has 2 aliphatic heterocycles. The molecule has 2 aromatic carbocycles. The van der Waals surface area contributed by atoms with Gasteiger partial charge in [0.05, 0.1) is 19.6 Å². The molecule has 176 valence electrons. The van der Waals surface area contributed by atoms with Crippen LogP contribution in [0.1, 0.15) is 30.4 Å². The lowest BCUT2D eigenvalue weighted by atomic mass is 10.0. The van der Waals surface area contributed by atoms with Crippen molar-refractivity contribution >= 4 is 17.5 Å². The number of benzene rings is 2. The van der Waals surface area contributed by atoms with Gasteiger partial charge in [-0.25, -0.2) is 0 Å². The molecule has 4 rings (SSSR count). The molecule has 2 aliphatic rings. The minimum atomic E-state index is -0.459. The Morgan fingerprint density at radius 2 is 2.06 bits per heavy atom. The molecule has 7 nitrogen and oxygen atoms in total. The summed E-state index contributed by atoms with van der Waals surface area (Å²) in [5, 5.41) is 5.93. The number of carbonyl (C=O) groups is 2. The number of methoxy groups -OCH3 is 1. The molecular formula is C26H34N4O3. The van der Waals surface area contributed by atoms with Crippen molar-refractivity contribution in [2.45, 2.75) is 38.3 Å². The number of carbonyl (C=O) groups excluding carboxylic acids is 2. The predicted molar refractivity (Wildman–Crippen MR) is 129 cm³/mol. The SMILES string of the molecule is COc1cccc(CN2CCNC(=O)[C@@H]2CC(=O)NCCCN2CCCc3ccccc32)c1. The zero-order chi connectivity index (χ0) is 23.0. The number of piperazine rings is 1. The van der Waals surface area contributed by atoms with E-state index in [0.29, 0.717) is 19.6 Å². The third kappa shape index (κ3) is 6.05. The number of rotatable bonds is 9. The number of amides is 2. The van der Waals surface area contributed by atoms with Gasteiger partial charge in [0.15, 0.2) is 0 Å². The molecule has 0 unspecified atom stereocenters. The van der Waals surface area contributed by atoms with E-state index in [2.05, 4.69) is 44.7 Å². The summed E-state index contributed by atoms with van der Waals surface area (Å²) in [7, 11) is 1.64. The fourth-order valence-electron chi connectivity index (χ4n) is 4.77. The van der Waals surface area contributed by atoms with Crippen molar-refractivity contribution in [1.29, 1.82) is 0 Å². The molecule has 0 saturated carbocycles. The maximum Gasteiger partial charge on any atom is 0.237 e. The van der Waals surface area contributed by atoms with Crippen molar-refractivity contribution in [2.24, 2.45) is 0 Å². The maximum absolute atomic E-state index is 12.7. The van der Waals surface area contributed by atoms with Gasteiger partial charge in [0.2, 0.25) is 11.8 Å². The second-order valence-corrected chi connectivity index (χ2v) is 8.76. The second kappa shape index (κ2) is 11.2. The standard InChI is InChI=1S/C26H34N4O3/c1-33-22-10-4-7-20(17-22)19-30-16-13-28-26(32)24(30)18-25(31)27-12-6-15-29-14-5-9-21-8-2-3-11-23(21)29/h2-4,7-8,10-11,17,24H,5-6,9,12-16,18-19H2,1H3,(H,27,31)(H,28,32)/t24-/m0/s1. The van der Waals surface area contributed by atoms with Crippen molar-refractivity contribution in [3.05, 3.63) is 59.7 Å². The summed E-state index contributed by atoms with van der Waals surface area (Å²) in [5.74, 6) is 0.635. The quantitative estimate of drug-likeness (QED) is 0.574. The van der Waals surface area contributed by atoms with E-state index in [1.807, 2.05) is 24.3 Å². The van der Waals surface area contributed by atoms with Crippen LogP contribution in [0.5, 0.6) is 5.75 Å². The monoisotopic (exact) mass is 450 g/mol. The van der Waals surface area contributed by atoms with Gasteiger partial charge in [0, 0.05) is 45.0 Å². The molecule has 1 atom stereocenters. The number of aryl methyl sites for hydroxylation is 1. The first-order chi connectivity index (χ1) is 16.1. The van der Waals surface area contributed by atoms with Crippen LogP contribution in [-0.4, -0.2) is 62.6 Å². The lowest BCUT2D eigenvalue weighted by Crippen LogP contribution is -2.56. The number of ether oxygens (including phenoxy) is 1. The number of nitrogens with zero attached hydrogens (tertiary/aromatic N) is 2. The van der Waals surface area contributed by atoms with Gasteiger partial charge in [-0.05, 0) is 48.6 Å². The normalized spacial score (nSPS) is 18.4. The van der Waals surface area contributed by atoms with Gasteiger partial charge in [0.25, 0.3) is 0 Å². The van der Waals surface area contributed by atoms with Crippen LogP contribution in [0.3, 0.4) is 0 Å². The molecule has 33 heavy (non-hydrogen) atoms. The van der Waals surface area contributed by atoms with Crippen LogP contribution in [0.4, 0.5) is 5.69 Å². The zero-order valence-corrected chi connectivity index (χ0v) is 19.4. The number of para-hydroxylation sites is 1. The van der Waals surface area contributed by atoms with E-state index >= 15 is 0 Å². The number of hydrogen-bond acceptors (Lipinski definition) is 5. The Balaban J connectivity index is 1.26. The van der Waals surface area contributed by atoms with Crippen LogP contribution in [0.2, 0.25) is 0 Å². The highest BCUT2D eigenvalue weighted by molar-refractivity contribution is 5.88. The molecule has 1 saturated heterocycles. The molecule has 0 aliphatic carbocycles. The summed E-state index contributed by atoms with van der Waals surface area (Å²) in [4.78, 5) is 29.7. The summed E-state index contributed by atoms with van der Waals surface area (Å²) in [6, 6.07) is 16.0. The Morgan fingerprint density at radius 1 is 1.18 bits per heavy atom. The molecule has 1 fully saturated rings. The number of anilines is 1. The Kier molecular flexibility index (Phi) is 7.83. The highest BCUT2D eigenvalue weighted by Gasteiger charge is 2.31. The molecular weight excluding hydrogens is 416 g/mol. The van der Waals surface area contributed by atoms with E-state index < -0.39 is 6.04 Å². The largest absolute Gasteiger partial charge is 0.497 e. The highest BCUT2D eigenvalue weighted by Crippen LogP contribution is 2.26. The molecule has 0 radical (unpaired) electrons. The summed E-state index contributed by atoms with van der Waals surface area (Å²) < 4.78 is 5.31. The number of fused-ring (bicyclic) bond motifs is 1. The van der Waals surface area contributed by atoms with E-state index in [9.17, 15) is 9.59 Å². The Hall–Kier alpha value is -3.06. The lowest BCUT2D eigenvalue weighted by molar-refractivity contribution is -0.134. The van der Waals surface area contributed by atoms with Crippen LogP contribution in [0, 0.1) is 0 Å². The average Bonchev–Trinajstić information content (AvgIpc) is 2.84. The van der Waals surface area contributed by atoms with Crippen LogP contribution in [-0.2, 0) is 22.6 Å². The lowest BCUT2D eigenvalue weighted by Gasteiger charge is -2.34. The van der Waals surface area contributed by atoms with E-state index in [-0.39, 0.29) is 18.2 Å². The third-order valence-corrected chi connectivity index (χ3v) is 6.47. The Labute approximate surface area is 196 Å². The Morgan fingerprint density at radius 3 is 2.94 bits per heavy atom. The van der Waals surface area contributed by atoms with E-state index in [1.165, 1.54) is 17.7 Å². The first-order valence-corrected chi connectivity index (χ1v) is 11.9. The van der Waals surface area contributed by atoms with Gasteiger partial charge in [-0.2, -0.15) is 0 Å². The van der Waals surface area contributed by atoms with Gasteiger partial charge >= 0.3 is 0 Å². The molecule has 2 heterocycles. The summed E-state index contributed by atoms with van der Waals surface area (Å²) in [5.41, 5.74) is 3.80. The van der Waals surface area contributed by atoms with Gasteiger partial charge < -0.3 is 20.3 Å². The van der Waals surface area contributed by atoms with Crippen LogP contribution >= 0.6 is 0 Å².